The van der Waals surface area contributed by atoms with Gasteiger partial charge in [0.15, 0.2) is 0 Å². The van der Waals surface area contributed by atoms with Crippen LogP contribution in [0.2, 0.25) is 0 Å². The second kappa shape index (κ2) is 8.65. The lowest BCUT2D eigenvalue weighted by molar-refractivity contribution is 0.102. The lowest BCUT2D eigenvalue weighted by atomic mass is 9.86. The van der Waals surface area contributed by atoms with E-state index in [0.29, 0.717) is 5.69 Å². The molecule has 1 heterocycles. The Morgan fingerprint density at radius 1 is 1.08 bits per heavy atom. The molecular formula is C21H29N3O. The van der Waals surface area contributed by atoms with Crippen LogP contribution in [-0.4, -0.2) is 17.4 Å². The summed E-state index contributed by atoms with van der Waals surface area (Å²) in [6.07, 6.45) is 5.28. The summed E-state index contributed by atoms with van der Waals surface area (Å²) in [6, 6.07) is 11.6. The summed E-state index contributed by atoms with van der Waals surface area (Å²) in [4.78, 5) is 16.8. The summed E-state index contributed by atoms with van der Waals surface area (Å²) in [7, 11) is 0. The highest BCUT2D eigenvalue weighted by Gasteiger charge is 2.19. The van der Waals surface area contributed by atoms with Crippen LogP contribution in [0.3, 0.4) is 0 Å². The summed E-state index contributed by atoms with van der Waals surface area (Å²) in [6.45, 7) is 9.52. The van der Waals surface area contributed by atoms with Crippen molar-refractivity contribution in [2.45, 2.75) is 52.4 Å². The second-order valence-electron chi connectivity index (χ2n) is 7.32. The number of carbonyl (C=O) groups is 1. The standard InChI is InChI=1S/C21H29N3O/c1-5-6-9-14-22-16-12-13-19(23-15-16)20(25)24-18-11-8-7-10-17(18)21(2,3)4/h7-8,10-13,15,22H,5-6,9,14H2,1-4H3,(H,24,25). The van der Waals surface area contributed by atoms with E-state index in [1.807, 2.05) is 30.3 Å². The predicted molar refractivity (Wildman–Crippen MR) is 105 cm³/mol. The molecule has 4 nitrogen and oxygen atoms in total. The molecule has 0 unspecified atom stereocenters. The number of pyridine rings is 1. The minimum absolute atomic E-state index is 0.0381. The molecule has 25 heavy (non-hydrogen) atoms. The number of nitrogens with zero attached hydrogens (tertiary/aromatic N) is 1. The third kappa shape index (κ3) is 5.59. The molecule has 0 saturated carbocycles. The fourth-order valence-corrected chi connectivity index (χ4v) is 2.67. The first kappa shape index (κ1) is 19.0. The van der Waals surface area contributed by atoms with Gasteiger partial charge in [-0.05, 0) is 35.6 Å². The van der Waals surface area contributed by atoms with Gasteiger partial charge in [0.1, 0.15) is 5.69 Å². The summed E-state index contributed by atoms with van der Waals surface area (Å²) in [5.74, 6) is -0.186. The molecule has 2 N–H and O–H groups in total. The molecular weight excluding hydrogens is 310 g/mol. The average molecular weight is 339 g/mol. The normalized spacial score (nSPS) is 11.2. The van der Waals surface area contributed by atoms with Crippen molar-refractivity contribution in [3.05, 3.63) is 53.9 Å². The number of hydrogen-bond acceptors (Lipinski definition) is 3. The first-order valence-electron chi connectivity index (χ1n) is 9.02. The van der Waals surface area contributed by atoms with Crippen LogP contribution in [0.1, 0.15) is 63.0 Å². The molecule has 0 atom stereocenters. The van der Waals surface area contributed by atoms with E-state index < -0.39 is 0 Å². The zero-order valence-electron chi connectivity index (χ0n) is 15.7. The summed E-state index contributed by atoms with van der Waals surface area (Å²) in [5, 5.41) is 6.32. The highest BCUT2D eigenvalue weighted by atomic mass is 16.1. The van der Waals surface area contributed by atoms with Crippen LogP contribution < -0.4 is 10.6 Å². The molecule has 1 aromatic heterocycles. The minimum atomic E-state index is -0.186. The Kier molecular flexibility index (Phi) is 6.57. The van der Waals surface area contributed by atoms with Crippen molar-refractivity contribution in [3.8, 4) is 0 Å². The molecule has 1 aromatic carbocycles. The molecule has 4 heteroatoms. The van der Waals surface area contributed by atoms with Crippen molar-refractivity contribution in [2.24, 2.45) is 0 Å². The Morgan fingerprint density at radius 2 is 1.84 bits per heavy atom. The van der Waals surface area contributed by atoms with Crippen molar-refractivity contribution in [1.29, 1.82) is 0 Å². The van der Waals surface area contributed by atoms with Gasteiger partial charge in [0.25, 0.3) is 5.91 Å². The monoisotopic (exact) mass is 339 g/mol. The first-order valence-corrected chi connectivity index (χ1v) is 9.02. The molecule has 0 aliphatic rings. The minimum Gasteiger partial charge on any atom is -0.384 e. The number of rotatable bonds is 7. The van der Waals surface area contributed by atoms with Gasteiger partial charge in [-0.15, -0.1) is 0 Å². The molecule has 0 saturated heterocycles. The Balaban J connectivity index is 2.02. The smallest absolute Gasteiger partial charge is 0.274 e. The van der Waals surface area contributed by atoms with Crippen molar-refractivity contribution >= 4 is 17.3 Å². The summed E-state index contributed by atoms with van der Waals surface area (Å²) in [5.41, 5.74) is 3.27. The SMILES string of the molecule is CCCCCNc1ccc(C(=O)Nc2ccccc2C(C)(C)C)nc1. The van der Waals surface area contributed by atoms with E-state index in [-0.39, 0.29) is 11.3 Å². The maximum absolute atomic E-state index is 12.5. The van der Waals surface area contributed by atoms with Gasteiger partial charge in [-0.2, -0.15) is 0 Å². The fourth-order valence-electron chi connectivity index (χ4n) is 2.67. The zero-order chi connectivity index (χ0) is 18.3. The number of nitrogens with one attached hydrogen (secondary N) is 2. The van der Waals surface area contributed by atoms with E-state index in [4.69, 9.17) is 0 Å². The second-order valence-corrected chi connectivity index (χ2v) is 7.32. The van der Waals surface area contributed by atoms with E-state index in [1.54, 1.807) is 12.3 Å². The van der Waals surface area contributed by atoms with Gasteiger partial charge < -0.3 is 10.6 Å². The quantitative estimate of drug-likeness (QED) is 0.679. The molecule has 0 bridgehead atoms. The first-order chi connectivity index (χ1) is 11.9. The molecule has 0 spiro atoms. The third-order valence-corrected chi connectivity index (χ3v) is 4.09. The Bertz CT molecular complexity index is 687. The molecule has 0 aliphatic heterocycles. The van der Waals surface area contributed by atoms with Crippen molar-refractivity contribution < 1.29 is 4.79 Å². The number of amides is 1. The van der Waals surface area contributed by atoms with Gasteiger partial charge in [0.05, 0.1) is 11.9 Å². The van der Waals surface area contributed by atoms with E-state index in [2.05, 4.69) is 43.3 Å². The number of benzene rings is 1. The van der Waals surface area contributed by atoms with Gasteiger partial charge in [-0.1, -0.05) is 58.7 Å². The molecule has 1 amide bonds. The lowest BCUT2D eigenvalue weighted by Crippen LogP contribution is -2.19. The van der Waals surface area contributed by atoms with E-state index in [9.17, 15) is 4.79 Å². The largest absolute Gasteiger partial charge is 0.384 e. The topological polar surface area (TPSA) is 54.0 Å². The fraction of sp³-hybridized carbons (Fsp3) is 0.429. The number of para-hydroxylation sites is 1. The Hall–Kier alpha value is -2.36. The zero-order valence-corrected chi connectivity index (χ0v) is 15.7. The van der Waals surface area contributed by atoms with Crippen LogP contribution in [-0.2, 0) is 5.41 Å². The number of anilines is 2. The van der Waals surface area contributed by atoms with Crippen molar-refractivity contribution in [1.82, 2.24) is 4.98 Å². The number of carbonyl (C=O) groups excluding carboxylic acids is 1. The van der Waals surface area contributed by atoms with Crippen molar-refractivity contribution in [3.63, 3.8) is 0 Å². The molecule has 2 rings (SSSR count). The highest BCUT2D eigenvalue weighted by molar-refractivity contribution is 6.03. The Morgan fingerprint density at radius 3 is 2.48 bits per heavy atom. The van der Waals surface area contributed by atoms with Gasteiger partial charge in [0.2, 0.25) is 0 Å². The maximum atomic E-state index is 12.5. The molecule has 134 valence electrons. The maximum Gasteiger partial charge on any atom is 0.274 e. The van der Waals surface area contributed by atoms with E-state index in [1.165, 1.54) is 12.8 Å². The van der Waals surface area contributed by atoms with E-state index >= 15 is 0 Å². The number of aromatic nitrogens is 1. The van der Waals surface area contributed by atoms with Crippen molar-refractivity contribution in [2.75, 3.05) is 17.2 Å². The third-order valence-electron chi connectivity index (χ3n) is 4.09. The Labute approximate surface area is 151 Å². The summed E-state index contributed by atoms with van der Waals surface area (Å²) < 4.78 is 0. The van der Waals surface area contributed by atoms with Crippen LogP contribution in [0, 0.1) is 0 Å². The van der Waals surface area contributed by atoms with Crippen LogP contribution >= 0.6 is 0 Å². The number of unbranched alkanes of at least 4 members (excludes halogenated alkanes) is 2. The van der Waals surface area contributed by atoms with Crippen LogP contribution in [0.15, 0.2) is 42.6 Å². The highest BCUT2D eigenvalue weighted by Crippen LogP contribution is 2.29. The number of hydrogen-bond donors (Lipinski definition) is 2. The van der Waals surface area contributed by atoms with Gasteiger partial charge in [-0.25, -0.2) is 4.98 Å². The molecule has 2 aromatic rings. The average Bonchev–Trinajstić information content (AvgIpc) is 2.59. The molecule has 0 radical (unpaired) electrons. The molecule has 0 fully saturated rings. The predicted octanol–water partition coefficient (Wildman–Crippen LogP) is 5.23. The van der Waals surface area contributed by atoms with E-state index in [0.717, 1.165) is 29.9 Å². The van der Waals surface area contributed by atoms with Crippen LogP contribution in [0.25, 0.3) is 0 Å². The van der Waals surface area contributed by atoms with Gasteiger partial charge in [-0.3, -0.25) is 4.79 Å². The van der Waals surface area contributed by atoms with Crippen LogP contribution in [0.5, 0.6) is 0 Å². The van der Waals surface area contributed by atoms with Gasteiger partial charge >= 0.3 is 0 Å². The summed E-state index contributed by atoms with van der Waals surface area (Å²) >= 11 is 0. The van der Waals surface area contributed by atoms with Crippen LogP contribution in [0.4, 0.5) is 11.4 Å². The van der Waals surface area contributed by atoms with Gasteiger partial charge in [0, 0.05) is 12.2 Å². The lowest BCUT2D eigenvalue weighted by Gasteiger charge is -2.22. The molecule has 0 aliphatic carbocycles.